The Kier molecular flexibility index (Phi) is 13.7. The van der Waals surface area contributed by atoms with Gasteiger partial charge in [0.05, 0.1) is 12.2 Å². The highest BCUT2D eigenvalue weighted by Gasteiger charge is 2.44. The summed E-state index contributed by atoms with van der Waals surface area (Å²) in [7, 11) is 0. The molecule has 0 aromatic heterocycles. The molecule has 3 fully saturated rings. The van der Waals surface area contributed by atoms with E-state index in [4.69, 9.17) is 24.1 Å². The first-order valence-electron chi connectivity index (χ1n) is 14.8. The molecule has 2 aliphatic heterocycles. The molecule has 0 amide bonds. The zero-order chi connectivity index (χ0) is 28.0. The van der Waals surface area contributed by atoms with Crippen LogP contribution in [0.15, 0.2) is 12.2 Å². The van der Waals surface area contributed by atoms with Gasteiger partial charge >= 0.3 is 5.97 Å². The number of carboxylic acid groups (broad SMARTS) is 1. The molecule has 2 heterocycles. The van der Waals surface area contributed by atoms with Gasteiger partial charge in [0.2, 0.25) is 0 Å². The van der Waals surface area contributed by atoms with Crippen molar-refractivity contribution >= 4 is 17.5 Å². The van der Waals surface area contributed by atoms with E-state index in [-0.39, 0.29) is 73.9 Å². The molecule has 8 heteroatoms. The Bertz CT molecular complexity index is 875. The van der Waals surface area contributed by atoms with Crippen LogP contribution < -0.4 is 0 Å². The van der Waals surface area contributed by atoms with Crippen LogP contribution in [0.2, 0.25) is 0 Å². The number of ether oxygens (including phenoxy) is 4. The minimum atomic E-state index is -0.863. The van der Waals surface area contributed by atoms with E-state index < -0.39 is 11.9 Å². The highest BCUT2D eigenvalue weighted by atomic mass is 16.7. The third-order valence-corrected chi connectivity index (χ3v) is 7.85. The fraction of sp³-hybridized carbons (Fsp3) is 0.774. The number of unbranched alkanes of at least 4 members (excludes halogenated alkanes) is 1. The number of Topliss-reactive ketones (excluding diaryl/α,β-unsaturated/α-hetero) is 2. The zero-order valence-corrected chi connectivity index (χ0v) is 23.6. The van der Waals surface area contributed by atoms with E-state index >= 15 is 0 Å². The summed E-state index contributed by atoms with van der Waals surface area (Å²) in [4.78, 5) is 36.8. The predicted octanol–water partition coefficient (Wildman–Crippen LogP) is 5.23. The van der Waals surface area contributed by atoms with Crippen molar-refractivity contribution in [2.24, 2.45) is 17.8 Å². The average Bonchev–Trinajstić information content (AvgIpc) is 3.21. The van der Waals surface area contributed by atoms with Gasteiger partial charge in [-0.2, -0.15) is 0 Å². The molecule has 7 atom stereocenters. The molecule has 1 saturated carbocycles. The van der Waals surface area contributed by atoms with Gasteiger partial charge in [0.15, 0.2) is 12.6 Å². The van der Waals surface area contributed by atoms with Crippen LogP contribution >= 0.6 is 0 Å². The maximum atomic E-state index is 13.2. The van der Waals surface area contributed by atoms with E-state index in [1.54, 1.807) is 0 Å². The number of ketones is 2. The monoisotopic (exact) mass is 546 g/mol. The van der Waals surface area contributed by atoms with Crippen LogP contribution in [0.25, 0.3) is 0 Å². The fourth-order valence-corrected chi connectivity index (χ4v) is 5.55. The summed E-state index contributed by atoms with van der Waals surface area (Å²) in [6, 6.07) is 0. The van der Waals surface area contributed by atoms with Crippen molar-refractivity contribution in [1.82, 2.24) is 0 Å². The number of hydrogen-bond donors (Lipinski definition) is 1. The third-order valence-electron chi connectivity index (χ3n) is 7.85. The molecule has 218 valence electrons. The summed E-state index contributed by atoms with van der Waals surface area (Å²) in [5.41, 5.74) is 0. The van der Waals surface area contributed by atoms with Gasteiger partial charge in [-0.05, 0) is 64.2 Å². The Hall–Kier alpha value is -2.05. The molecule has 39 heavy (non-hydrogen) atoms. The SMILES string of the molecule is CC#CCC(C)[C@@H](/C=C/[C@H]1[C@H](OC2CCCCO2)CC(=O)[C@@H]1CC(=O)CCCCC(=O)O)OC1CCCCO1. The first-order valence-corrected chi connectivity index (χ1v) is 14.8. The zero-order valence-electron chi connectivity index (χ0n) is 23.6. The summed E-state index contributed by atoms with van der Waals surface area (Å²) in [5.74, 6) is 4.64. The van der Waals surface area contributed by atoms with Gasteiger partial charge in [0.25, 0.3) is 0 Å². The van der Waals surface area contributed by atoms with Crippen LogP contribution in [-0.4, -0.2) is 60.6 Å². The molecule has 3 aliphatic rings. The molecule has 0 radical (unpaired) electrons. The molecule has 0 aromatic rings. The standard InChI is InChI=1S/C31H46O8/c1-3-4-11-22(2)27(38-30-14-7-9-18-36-30)17-16-24-25(20-23(32)12-5-6-13-29(34)35)26(33)21-28(24)39-31-15-8-10-19-37-31/h16-17,22,24-25,27-28,30-31H,5-15,18-21H2,1-2H3,(H,34,35)/b17-16+/t22?,24-,25-,27-,28-,30?,31?/m1/s1. The fourth-order valence-electron chi connectivity index (χ4n) is 5.55. The van der Waals surface area contributed by atoms with Crippen LogP contribution in [-0.2, 0) is 33.3 Å². The normalized spacial score (nSPS) is 29.1. The summed E-state index contributed by atoms with van der Waals surface area (Å²) in [6.45, 7) is 5.27. The molecular formula is C31H46O8. The summed E-state index contributed by atoms with van der Waals surface area (Å²) >= 11 is 0. The van der Waals surface area contributed by atoms with Gasteiger partial charge in [-0.3, -0.25) is 14.4 Å². The van der Waals surface area contributed by atoms with Gasteiger partial charge in [-0.15, -0.1) is 11.8 Å². The Morgan fingerprint density at radius 2 is 1.77 bits per heavy atom. The van der Waals surface area contributed by atoms with E-state index in [9.17, 15) is 14.4 Å². The second kappa shape index (κ2) is 16.9. The van der Waals surface area contributed by atoms with Crippen molar-refractivity contribution in [3.05, 3.63) is 12.2 Å². The molecule has 3 unspecified atom stereocenters. The highest BCUT2D eigenvalue weighted by molar-refractivity contribution is 5.90. The second-order valence-corrected chi connectivity index (χ2v) is 11.1. The van der Waals surface area contributed by atoms with Crippen LogP contribution in [0.3, 0.4) is 0 Å². The molecule has 2 saturated heterocycles. The summed E-state index contributed by atoms with van der Waals surface area (Å²) in [5, 5.41) is 8.85. The smallest absolute Gasteiger partial charge is 0.303 e. The predicted molar refractivity (Wildman–Crippen MR) is 146 cm³/mol. The molecule has 0 spiro atoms. The molecular weight excluding hydrogens is 500 g/mol. The second-order valence-electron chi connectivity index (χ2n) is 11.1. The molecule has 0 aromatic carbocycles. The van der Waals surface area contributed by atoms with Crippen LogP contribution in [0.5, 0.6) is 0 Å². The lowest BCUT2D eigenvalue weighted by Crippen LogP contribution is -2.32. The number of carbonyl (C=O) groups excluding carboxylic acids is 2. The number of carboxylic acids is 1. The van der Waals surface area contributed by atoms with Gasteiger partial charge in [-0.25, -0.2) is 0 Å². The molecule has 1 N–H and O–H groups in total. The minimum absolute atomic E-state index is 0.0123. The number of aliphatic carboxylic acids is 1. The Morgan fingerprint density at radius 1 is 1.08 bits per heavy atom. The number of hydrogen-bond acceptors (Lipinski definition) is 7. The van der Waals surface area contributed by atoms with Crippen molar-refractivity contribution in [2.45, 2.75) is 122 Å². The van der Waals surface area contributed by atoms with Crippen LogP contribution in [0.1, 0.15) is 97.3 Å². The Balaban J connectivity index is 1.74. The van der Waals surface area contributed by atoms with Crippen LogP contribution in [0.4, 0.5) is 0 Å². The van der Waals surface area contributed by atoms with Gasteiger partial charge in [-0.1, -0.05) is 19.1 Å². The van der Waals surface area contributed by atoms with Crippen LogP contribution in [0, 0.1) is 29.6 Å². The third kappa shape index (κ3) is 10.8. The van der Waals surface area contributed by atoms with E-state index in [1.165, 1.54) is 0 Å². The topological polar surface area (TPSA) is 108 Å². The lowest BCUT2D eigenvalue weighted by Gasteiger charge is -2.30. The lowest BCUT2D eigenvalue weighted by atomic mass is 9.87. The maximum absolute atomic E-state index is 13.2. The van der Waals surface area contributed by atoms with Crippen molar-refractivity contribution < 1.29 is 38.4 Å². The van der Waals surface area contributed by atoms with E-state index in [0.29, 0.717) is 32.5 Å². The molecule has 3 rings (SSSR count). The maximum Gasteiger partial charge on any atom is 0.303 e. The first kappa shape index (κ1) is 31.5. The number of rotatable bonds is 15. The largest absolute Gasteiger partial charge is 0.481 e. The Labute approximate surface area is 233 Å². The molecule has 0 bridgehead atoms. The quantitative estimate of drug-likeness (QED) is 0.169. The van der Waals surface area contributed by atoms with Gasteiger partial charge < -0.3 is 24.1 Å². The molecule has 8 nitrogen and oxygen atoms in total. The minimum Gasteiger partial charge on any atom is -0.481 e. The highest BCUT2D eigenvalue weighted by Crippen LogP contribution is 2.37. The first-order chi connectivity index (χ1) is 18.9. The van der Waals surface area contributed by atoms with Crippen molar-refractivity contribution in [2.75, 3.05) is 13.2 Å². The molecule has 1 aliphatic carbocycles. The Morgan fingerprint density at radius 3 is 2.41 bits per heavy atom. The lowest BCUT2D eigenvalue weighted by molar-refractivity contribution is -0.193. The van der Waals surface area contributed by atoms with Crippen molar-refractivity contribution in [3.8, 4) is 11.8 Å². The average molecular weight is 547 g/mol. The van der Waals surface area contributed by atoms with E-state index in [1.807, 2.05) is 19.1 Å². The summed E-state index contributed by atoms with van der Waals surface area (Å²) in [6.07, 6.45) is 11.0. The van der Waals surface area contributed by atoms with E-state index in [0.717, 1.165) is 38.5 Å². The summed E-state index contributed by atoms with van der Waals surface area (Å²) < 4.78 is 24.3. The van der Waals surface area contributed by atoms with Gasteiger partial charge in [0.1, 0.15) is 11.6 Å². The van der Waals surface area contributed by atoms with Gasteiger partial charge in [0, 0.05) is 57.2 Å². The van der Waals surface area contributed by atoms with Crippen molar-refractivity contribution in [1.29, 1.82) is 0 Å². The van der Waals surface area contributed by atoms with Crippen molar-refractivity contribution in [3.63, 3.8) is 0 Å². The van der Waals surface area contributed by atoms with E-state index in [2.05, 4.69) is 18.8 Å². The number of carbonyl (C=O) groups is 3.